The van der Waals surface area contributed by atoms with E-state index in [1.807, 2.05) is 0 Å². The highest BCUT2D eigenvalue weighted by Gasteiger charge is 2.51. The number of benzene rings is 2. The molecular formula is C20H20O12. The van der Waals surface area contributed by atoms with Crippen LogP contribution in [0.5, 0.6) is 11.5 Å². The lowest BCUT2D eigenvalue weighted by Gasteiger charge is -2.08. The minimum absolute atomic E-state index is 0. The molecule has 0 saturated heterocycles. The molecule has 172 valence electrons. The van der Waals surface area contributed by atoms with E-state index < -0.39 is 34.7 Å². The van der Waals surface area contributed by atoms with Crippen molar-refractivity contribution in [3.63, 3.8) is 0 Å². The number of hydrogen-bond donors (Lipinski definition) is 4. The van der Waals surface area contributed by atoms with Crippen LogP contribution in [0.25, 0.3) is 0 Å². The Morgan fingerprint density at radius 1 is 0.562 bits per heavy atom. The summed E-state index contributed by atoms with van der Waals surface area (Å²) in [7, 11) is 2.82. The van der Waals surface area contributed by atoms with Gasteiger partial charge in [0.15, 0.2) is 0 Å². The van der Waals surface area contributed by atoms with Gasteiger partial charge in [0.05, 0.1) is 14.2 Å². The number of rotatable bonds is 2. The molecule has 0 unspecified atom stereocenters. The molecule has 12 nitrogen and oxygen atoms in total. The number of aliphatic hydroxyl groups is 4. The fourth-order valence-electron chi connectivity index (χ4n) is 3.03. The first-order valence-corrected chi connectivity index (χ1v) is 8.41. The number of Topliss-reactive ketones (excluding diaryl/α,β-unsaturated/α-hetero) is 4. The predicted molar refractivity (Wildman–Crippen MR) is 105 cm³/mol. The summed E-state index contributed by atoms with van der Waals surface area (Å²) in [5.41, 5.74) is -0.0368. The SMILES string of the molecule is COc1ccc2c(c1)C(=O)C(O)(O)C2=O.COc1ccc2c(c1)C(=O)C(O)(O)C2=O.O.O. The quantitative estimate of drug-likeness (QED) is 0.285. The number of methoxy groups -OCH3 is 2. The molecule has 8 N–H and O–H groups in total. The zero-order valence-electron chi connectivity index (χ0n) is 16.7. The van der Waals surface area contributed by atoms with E-state index in [9.17, 15) is 39.6 Å². The summed E-state index contributed by atoms with van der Waals surface area (Å²) in [5, 5.41) is 36.9. The topological polar surface area (TPSA) is 231 Å². The highest BCUT2D eigenvalue weighted by Crippen LogP contribution is 2.32. The average Bonchev–Trinajstić information content (AvgIpc) is 3.02. The van der Waals surface area contributed by atoms with Crippen molar-refractivity contribution in [1.82, 2.24) is 0 Å². The van der Waals surface area contributed by atoms with Gasteiger partial charge in [0.1, 0.15) is 11.5 Å². The Balaban J connectivity index is 0.000000301. The standard InChI is InChI=1S/2C10H8O5.2H2O/c2*1-15-5-2-3-6-7(4-5)9(12)10(13,14)8(6)11;;/h2*2-4,13-14H,1H3;2*1H2. The maximum absolute atomic E-state index is 11.4. The summed E-state index contributed by atoms with van der Waals surface area (Å²) in [5.74, 6) is -9.10. The Kier molecular flexibility index (Phi) is 7.39. The van der Waals surface area contributed by atoms with Crippen LogP contribution < -0.4 is 9.47 Å². The molecule has 2 aliphatic carbocycles. The molecule has 0 radical (unpaired) electrons. The number of fused-ring (bicyclic) bond motifs is 2. The van der Waals surface area contributed by atoms with Crippen LogP contribution in [0, 0.1) is 0 Å². The van der Waals surface area contributed by atoms with Crippen LogP contribution in [-0.2, 0) is 0 Å². The van der Waals surface area contributed by atoms with Crippen molar-refractivity contribution < 1.29 is 60.0 Å². The van der Waals surface area contributed by atoms with Crippen LogP contribution in [0.3, 0.4) is 0 Å². The molecular weight excluding hydrogens is 432 g/mol. The molecule has 0 atom stereocenters. The van der Waals surface area contributed by atoms with Gasteiger partial charge in [-0.2, -0.15) is 0 Å². The van der Waals surface area contributed by atoms with Gasteiger partial charge in [-0.3, -0.25) is 19.2 Å². The van der Waals surface area contributed by atoms with Crippen molar-refractivity contribution >= 4 is 23.1 Å². The number of carbonyl (C=O) groups is 4. The summed E-state index contributed by atoms with van der Waals surface area (Å²) < 4.78 is 9.73. The second-order valence-corrected chi connectivity index (χ2v) is 6.48. The van der Waals surface area contributed by atoms with E-state index >= 15 is 0 Å². The molecule has 2 aromatic carbocycles. The van der Waals surface area contributed by atoms with E-state index in [0.717, 1.165) is 0 Å². The van der Waals surface area contributed by atoms with Crippen molar-refractivity contribution in [2.75, 3.05) is 14.2 Å². The molecule has 32 heavy (non-hydrogen) atoms. The fraction of sp³-hybridized carbons (Fsp3) is 0.200. The van der Waals surface area contributed by atoms with Gasteiger partial charge in [-0.25, -0.2) is 0 Å². The molecule has 0 aromatic heterocycles. The molecule has 12 heteroatoms. The normalized spacial score (nSPS) is 16.7. The number of ether oxygens (including phenoxy) is 2. The van der Waals surface area contributed by atoms with Gasteiger partial charge in [-0.1, -0.05) is 0 Å². The summed E-state index contributed by atoms with van der Waals surface area (Å²) in [6.07, 6.45) is 0. The van der Waals surface area contributed by atoms with Gasteiger partial charge in [0.25, 0.3) is 11.6 Å². The highest BCUT2D eigenvalue weighted by molar-refractivity contribution is 6.31. The number of ketones is 4. The Morgan fingerprint density at radius 2 is 0.844 bits per heavy atom. The Hall–Kier alpha value is -3.52. The Labute approximate surface area is 179 Å². The molecule has 0 heterocycles. The smallest absolute Gasteiger partial charge is 0.295 e. The molecule has 4 rings (SSSR count). The first-order valence-electron chi connectivity index (χ1n) is 8.41. The second-order valence-electron chi connectivity index (χ2n) is 6.48. The molecule has 0 fully saturated rings. The largest absolute Gasteiger partial charge is 0.497 e. The minimum Gasteiger partial charge on any atom is -0.497 e. The van der Waals surface area contributed by atoms with Crippen molar-refractivity contribution in [1.29, 1.82) is 0 Å². The molecule has 2 aliphatic rings. The summed E-state index contributed by atoms with van der Waals surface area (Å²) in [6.45, 7) is 0. The fourth-order valence-corrected chi connectivity index (χ4v) is 3.03. The van der Waals surface area contributed by atoms with Gasteiger partial charge in [-0.05, 0) is 36.4 Å². The molecule has 2 aromatic rings. The summed E-state index contributed by atoms with van der Waals surface area (Å²) >= 11 is 0. The lowest BCUT2D eigenvalue weighted by Crippen LogP contribution is -2.40. The van der Waals surface area contributed by atoms with Gasteiger partial charge in [0.2, 0.25) is 23.1 Å². The third kappa shape index (κ3) is 3.89. The van der Waals surface area contributed by atoms with Gasteiger partial charge >= 0.3 is 0 Å². The Morgan fingerprint density at radius 3 is 1.12 bits per heavy atom. The number of hydrogen-bond acceptors (Lipinski definition) is 10. The predicted octanol–water partition coefficient (Wildman–Crippen LogP) is -2.14. The first kappa shape index (κ1) is 26.5. The van der Waals surface area contributed by atoms with Crippen LogP contribution in [-0.4, -0.2) is 80.3 Å². The zero-order chi connectivity index (χ0) is 22.4. The summed E-state index contributed by atoms with van der Waals surface area (Å²) in [6, 6.07) is 8.25. The van der Waals surface area contributed by atoms with Crippen LogP contribution in [0.1, 0.15) is 41.4 Å². The van der Waals surface area contributed by atoms with Crippen LogP contribution in [0.2, 0.25) is 0 Å². The average molecular weight is 452 g/mol. The highest BCUT2D eigenvalue weighted by atomic mass is 16.5. The lowest BCUT2D eigenvalue weighted by atomic mass is 10.1. The van der Waals surface area contributed by atoms with Gasteiger partial charge in [-0.15, -0.1) is 0 Å². The van der Waals surface area contributed by atoms with E-state index in [4.69, 9.17) is 9.47 Å². The van der Waals surface area contributed by atoms with Crippen molar-refractivity contribution in [2.24, 2.45) is 0 Å². The Bertz CT molecular complexity index is 1010. The van der Waals surface area contributed by atoms with Gasteiger partial charge < -0.3 is 40.9 Å². The zero-order valence-corrected chi connectivity index (χ0v) is 16.7. The molecule has 0 bridgehead atoms. The third-order valence-electron chi connectivity index (χ3n) is 4.70. The minimum atomic E-state index is -2.92. The van der Waals surface area contributed by atoms with Crippen LogP contribution in [0.15, 0.2) is 36.4 Å². The van der Waals surface area contributed by atoms with Crippen molar-refractivity contribution in [2.45, 2.75) is 11.6 Å². The van der Waals surface area contributed by atoms with Crippen LogP contribution >= 0.6 is 0 Å². The van der Waals surface area contributed by atoms with Crippen molar-refractivity contribution in [3.8, 4) is 11.5 Å². The third-order valence-corrected chi connectivity index (χ3v) is 4.70. The molecule has 0 saturated carbocycles. The first-order chi connectivity index (χ1) is 14.0. The maximum Gasteiger partial charge on any atom is 0.295 e. The monoisotopic (exact) mass is 452 g/mol. The van der Waals surface area contributed by atoms with Gasteiger partial charge in [0, 0.05) is 22.3 Å². The van der Waals surface area contributed by atoms with E-state index in [2.05, 4.69) is 0 Å². The number of carbonyl (C=O) groups excluding carboxylic acids is 4. The molecule has 0 spiro atoms. The van der Waals surface area contributed by atoms with E-state index in [1.165, 1.54) is 50.6 Å². The maximum atomic E-state index is 11.4. The lowest BCUT2D eigenvalue weighted by molar-refractivity contribution is -0.0857. The van der Waals surface area contributed by atoms with E-state index in [-0.39, 0.29) is 33.2 Å². The van der Waals surface area contributed by atoms with E-state index in [1.54, 1.807) is 0 Å². The summed E-state index contributed by atoms with van der Waals surface area (Å²) in [4.78, 5) is 45.6. The van der Waals surface area contributed by atoms with Crippen LogP contribution in [0.4, 0.5) is 0 Å². The molecule has 0 amide bonds. The molecule has 0 aliphatic heterocycles. The van der Waals surface area contributed by atoms with Crippen molar-refractivity contribution in [3.05, 3.63) is 58.7 Å². The second kappa shape index (κ2) is 8.92. The van der Waals surface area contributed by atoms with E-state index in [0.29, 0.717) is 11.5 Å².